The van der Waals surface area contributed by atoms with Crippen LogP contribution in [0.4, 0.5) is 27.4 Å². The Morgan fingerprint density at radius 2 is 1.34 bits per heavy atom. The van der Waals surface area contributed by atoms with Crippen molar-refractivity contribution in [3.05, 3.63) is 36.4 Å². The van der Waals surface area contributed by atoms with Gasteiger partial charge in [-0.25, -0.2) is 14.4 Å². The highest BCUT2D eigenvalue weighted by Crippen LogP contribution is 2.30. The third-order valence-corrected chi connectivity index (χ3v) is 5.70. The van der Waals surface area contributed by atoms with Crippen molar-refractivity contribution in [3.63, 3.8) is 0 Å². The molecule has 9 heteroatoms. The van der Waals surface area contributed by atoms with E-state index in [2.05, 4.69) is 29.6 Å². The maximum absolute atomic E-state index is 13.2. The summed E-state index contributed by atoms with van der Waals surface area (Å²) in [4.78, 5) is 17.8. The minimum atomic E-state index is -0.217. The molecule has 3 N–H and O–H groups in total. The molecule has 29 heavy (non-hydrogen) atoms. The summed E-state index contributed by atoms with van der Waals surface area (Å²) >= 11 is 0. The third-order valence-electron chi connectivity index (χ3n) is 5.70. The van der Waals surface area contributed by atoms with Gasteiger partial charge in [0.1, 0.15) is 17.8 Å². The van der Waals surface area contributed by atoms with Crippen molar-refractivity contribution in [2.75, 3.05) is 85.9 Å². The number of aromatic nitrogens is 2. The minimum Gasteiger partial charge on any atom is -0.395 e. The predicted molar refractivity (Wildman–Crippen MR) is 113 cm³/mol. The predicted octanol–water partition coefficient (Wildman–Crippen LogP) is 0.639. The van der Waals surface area contributed by atoms with E-state index in [0.29, 0.717) is 12.2 Å². The molecule has 0 spiro atoms. The number of nitrogens with zero attached hydrogens (tertiary/aromatic N) is 6. The summed E-state index contributed by atoms with van der Waals surface area (Å²) in [5.74, 6) is 1.36. The Morgan fingerprint density at radius 1 is 0.828 bits per heavy atom. The van der Waals surface area contributed by atoms with Crippen molar-refractivity contribution in [1.29, 1.82) is 0 Å². The molecule has 4 rings (SSSR count). The molecule has 2 aromatic rings. The zero-order chi connectivity index (χ0) is 20.2. The van der Waals surface area contributed by atoms with Crippen LogP contribution in [-0.2, 0) is 0 Å². The number of nitrogen functional groups attached to an aromatic ring is 1. The highest BCUT2D eigenvalue weighted by molar-refractivity contribution is 5.76. The molecular weight excluding hydrogens is 373 g/mol. The van der Waals surface area contributed by atoms with E-state index in [4.69, 9.17) is 10.8 Å². The minimum absolute atomic E-state index is 0.184. The highest BCUT2D eigenvalue weighted by Gasteiger charge is 2.25. The van der Waals surface area contributed by atoms with Gasteiger partial charge < -0.3 is 25.5 Å². The van der Waals surface area contributed by atoms with Crippen LogP contribution in [0.15, 0.2) is 30.6 Å². The van der Waals surface area contributed by atoms with Crippen LogP contribution in [0.5, 0.6) is 0 Å². The smallest absolute Gasteiger partial charge is 0.157 e. The maximum Gasteiger partial charge on any atom is 0.157 e. The number of nitrogens with two attached hydrogens (primary N) is 1. The summed E-state index contributed by atoms with van der Waals surface area (Å²) in [6, 6.07) is 6.63. The number of halogens is 1. The standard InChI is InChI=1S/C20H28FN7O/c21-16-1-3-17(4-2-16)26-9-11-28(12-10-26)20-18(22)19(23-15-24-20)27-7-5-25(6-8-27)13-14-29/h1-4,15,29H,5-14,22H2. The second-order valence-corrected chi connectivity index (χ2v) is 7.44. The Labute approximate surface area is 170 Å². The number of hydrogen-bond donors (Lipinski definition) is 2. The lowest BCUT2D eigenvalue weighted by molar-refractivity contribution is 0.188. The van der Waals surface area contributed by atoms with E-state index in [1.165, 1.54) is 12.1 Å². The van der Waals surface area contributed by atoms with Crippen molar-refractivity contribution >= 4 is 23.0 Å². The number of aliphatic hydroxyl groups excluding tert-OH is 1. The normalized spacial score (nSPS) is 18.3. The van der Waals surface area contributed by atoms with Gasteiger partial charge >= 0.3 is 0 Å². The Kier molecular flexibility index (Phi) is 5.96. The van der Waals surface area contributed by atoms with Crippen LogP contribution in [0.1, 0.15) is 0 Å². The summed E-state index contributed by atoms with van der Waals surface area (Å²) in [5.41, 5.74) is 8.14. The first-order chi connectivity index (χ1) is 14.2. The quantitative estimate of drug-likeness (QED) is 0.755. The van der Waals surface area contributed by atoms with Gasteiger partial charge in [-0.1, -0.05) is 0 Å². The van der Waals surface area contributed by atoms with Crippen LogP contribution in [0, 0.1) is 5.82 Å². The van der Waals surface area contributed by atoms with Crippen molar-refractivity contribution in [3.8, 4) is 0 Å². The van der Waals surface area contributed by atoms with Crippen LogP contribution in [0.2, 0.25) is 0 Å². The molecule has 2 aliphatic heterocycles. The molecule has 8 nitrogen and oxygen atoms in total. The summed E-state index contributed by atoms with van der Waals surface area (Å²) in [6.45, 7) is 7.56. The molecule has 2 fully saturated rings. The summed E-state index contributed by atoms with van der Waals surface area (Å²) in [6.07, 6.45) is 1.59. The van der Waals surface area contributed by atoms with Gasteiger partial charge in [-0.2, -0.15) is 0 Å². The molecule has 1 aromatic heterocycles. The number of aliphatic hydroxyl groups is 1. The van der Waals surface area contributed by atoms with Crippen LogP contribution >= 0.6 is 0 Å². The van der Waals surface area contributed by atoms with Crippen molar-refractivity contribution in [2.24, 2.45) is 0 Å². The van der Waals surface area contributed by atoms with E-state index >= 15 is 0 Å². The van der Waals surface area contributed by atoms with E-state index in [1.807, 2.05) is 12.1 Å². The van der Waals surface area contributed by atoms with Crippen LogP contribution in [-0.4, -0.2) is 85.5 Å². The Bertz CT molecular complexity index is 803. The van der Waals surface area contributed by atoms with Crippen molar-refractivity contribution in [1.82, 2.24) is 14.9 Å². The lowest BCUT2D eigenvalue weighted by Gasteiger charge is -2.38. The lowest BCUT2D eigenvalue weighted by atomic mass is 10.2. The number of rotatable bonds is 5. The first kappa shape index (κ1) is 19.7. The molecule has 0 radical (unpaired) electrons. The fraction of sp³-hybridized carbons (Fsp3) is 0.500. The van der Waals surface area contributed by atoms with E-state index in [9.17, 15) is 4.39 Å². The van der Waals surface area contributed by atoms with Crippen LogP contribution in [0.25, 0.3) is 0 Å². The molecule has 0 saturated carbocycles. The van der Waals surface area contributed by atoms with Gasteiger partial charge in [-0.3, -0.25) is 4.90 Å². The van der Waals surface area contributed by atoms with E-state index in [1.54, 1.807) is 6.33 Å². The topological polar surface area (TPSA) is 85.0 Å². The fourth-order valence-corrected chi connectivity index (χ4v) is 4.03. The monoisotopic (exact) mass is 401 g/mol. The van der Waals surface area contributed by atoms with Gasteiger partial charge in [0.15, 0.2) is 11.6 Å². The Hall–Kier alpha value is -2.65. The SMILES string of the molecule is Nc1c(N2CCN(CCO)CC2)ncnc1N1CCN(c2ccc(F)cc2)CC1. The average Bonchev–Trinajstić information content (AvgIpc) is 2.76. The molecule has 2 saturated heterocycles. The second-order valence-electron chi connectivity index (χ2n) is 7.44. The zero-order valence-electron chi connectivity index (χ0n) is 16.5. The molecule has 0 amide bonds. The number of β-amino-alcohol motifs (C(OH)–C–C–N with tert-alkyl or cyclic N) is 1. The molecule has 3 heterocycles. The van der Waals surface area contributed by atoms with Gasteiger partial charge in [-0.05, 0) is 24.3 Å². The number of benzene rings is 1. The van der Waals surface area contributed by atoms with E-state index in [0.717, 1.165) is 69.7 Å². The van der Waals surface area contributed by atoms with Crippen molar-refractivity contribution in [2.45, 2.75) is 0 Å². The van der Waals surface area contributed by atoms with Gasteiger partial charge in [0.25, 0.3) is 0 Å². The average molecular weight is 401 g/mol. The second kappa shape index (κ2) is 8.79. The molecule has 0 unspecified atom stereocenters. The number of hydrogen-bond acceptors (Lipinski definition) is 8. The van der Waals surface area contributed by atoms with E-state index < -0.39 is 0 Å². The largest absolute Gasteiger partial charge is 0.395 e. The Morgan fingerprint density at radius 3 is 1.90 bits per heavy atom. The van der Waals surface area contributed by atoms with Gasteiger partial charge in [0, 0.05) is 64.6 Å². The molecule has 0 bridgehead atoms. The number of anilines is 4. The third kappa shape index (κ3) is 4.35. The van der Waals surface area contributed by atoms with E-state index in [-0.39, 0.29) is 12.4 Å². The van der Waals surface area contributed by atoms with Crippen LogP contribution < -0.4 is 20.4 Å². The summed E-state index contributed by atoms with van der Waals surface area (Å²) < 4.78 is 13.2. The molecular formula is C20H28FN7O. The molecule has 2 aliphatic rings. The zero-order valence-corrected chi connectivity index (χ0v) is 16.5. The lowest BCUT2D eigenvalue weighted by Crippen LogP contribution is -2.48. The Balaban J connectivity index is 1.41. The first-order valence-corrected chi connectivity index (χ1v) is 10.1. The van der Waals surface area contributed by atoms with Gasteiger partial charge in [0.2, 0.25) is 0 Å². The molecule has 1 aromatic carbocycles. The fourth-order valence-electron chi connectivity index (χ4n) is 4.03. The maximum atomic E-state index is 13.2. The highest BCUT2D eigenvalue weighted by atomic mass is 19.1. The molecule has 0 atom stereocenters. The van der Waals surface area contributed by atoms with Gasteiger partial charge in [0.05, 0.1) is 6.61 Å². The summed E-state index contributed by atoms with van der Waals surface area (Å²) in [5, 5.41) is 9.11. The summed E-state index contributed by atoms with van der Waals surface area (Å²) in [7, 11) is 0. The first-order valence-electron chi connectivity index (χ1n) is 10.1. The van der Waals surface area contributed by atoms with Gasteiger partial charge in [-0.15, -0.1) is 0 Å². The van der Waals surface area contributed by atoms with Crippen molar-refractivity contribution < 1.29 is 9.50 Å². The molecule has 156 valence electrons. The molecule has 0 aliphatic carbocycles. The number of piperazine rings is 2. The van der Waals surface area contributed by atoms with Crippen LogP contribution in [0.3, 0.4) is 0 Å².